The number of nitriles is 1. The van der Waals surface area contributed by atoms with Gasteiger partial charge in [-0.15, -0.1) is 0 Å². The minimum absolute atomic E-state index is 0.0650. The van der Waals surface area contributed by atoms with Crippen LogP contribution in [0.15, 0.2) is 48.7 Å². The Hall–Kier alpha value is -3.87. The highest BCUT2D eigenvalue weighted by Crippen LogP contribution is 2.59. The van der Waals surface area contributed by atoms with E-state index in [4.69, 9.17) is 23.5 Å². The summed E-state index contributed by atoms with van der Waals surface area (Å²) in [7, 11) is 17.8. The molecule has 0 saturated heterocycles. The third-order valence-electron chi connectivity index (χ3n) is 6.69. The van der Waals surface area contributed by atoms with Crippen LogP contribution in [0.1, 0.15) is 40.3 Å². The second kappa shape index (κ2) is 8.66. The minimum atomic E-state index is -2.12. The average molecular weight is 474 g/mol. The van der Waals surface area contributed by atoms with Crippen LogP contribution in [0.2, 0.25) is 0 Å². The molecule has 1 aromatic carbocycles. The molecule has 3 heterocycles. The van der Waals surface area contributed by atoms with Gasteiger partial charge in [0, 0.05) is 11.8 Å². The lowest BCUT2D eigenvalue weighted by atomic mass is 9.48. The highest BCUT2D eigenvalue weighted by Gasteiger charge is 2.60. The number of fused-ring (bicyclic) bond motifs is 3. The van der Waals surface area contributed by atoms with E-state index in [-0.39, 0.29) is 35.7 Å². The molecular formula is C24H18B3FN6O2. The van der Waals surface area contributed by atoms with Gasteiger partial charge < -0.3 is 10.2 Å². The van der Waals surface area contributed by atoms with Crippen molar-refractivity contribution in [2.75, 3.05) is 4.90 Å². The number of carbonyl (C=O) groups excluding carboxylic acids is 2. The van der Waals surface area contributed by atoms with Gasteiger partial charge in [-0.3, -0.25) is 14.3 Å². The fourth-order valence-corrected chi connectivity index (χ4v) is 4.99. The van der Waals surface area contributed by atoms with Crippen LogP contribution in [0, 0.1) is 29.0 Å². The largest absolute Gasteiger partial charge is 0.338 e. The lowest BCUT2D eigenvalue weighted by molar-refractivity contribution is -0.121. The second-order valence-electron chi connectivity index (χ2n) is 9.20. The van der Waals surface area contributed by atoms with Crippen LogP contribution < -0.4 is 10.2 Å². The molecule has 8 nitrogen and oxygen atoms in total. The monoisotopic (exact) mass is 474 g/mol. The maximum absolute atomic E-state index is 14.7. The molecule has 1 aliphatic heterocycles. The van der Waals surface area contributed by atoms with Gasteiger partial charge in [0.15, 0.2) is 11.5 Å². The lowest BCUT2D eigenvalue weighted by Gasteiger charge is -2.39. The van der Waals surface area contributed by atoms with Gasteiger partial charge >= 0.3 is 0 Å². The van der Waals surface area contributed by atoms with E-state index in [0.717, 1.165) is 16.7 Å². The van der Waals surface area contributed by atoms with E-state index in [1.807, 2.05) is 43.3 Å². The van der Waals surface area contributed by atoms with Gasteiger partial charge in [0.05, 0.1) is 47.7 Å². The molecule has 1 N–H and O–H groups in total. The zero-order chi connectivity index (χ0) is 25.8. The van der Waals surface area contributed by atoms with Gasteiger partial charge in [0.1, 0.15) is 17.8 Å². The Morgan fingerprint density at radius 3 is 2.61 bits per heavy atom. The standard InChI is InChI=1S/C24H18B3FN6O2/c1-12-17-18(12)21(23(36)34(24(25,26)27)16-8-7-14(9-29)30-20(16)17)31-22(35)19-15(28)11-33(32-19)10-13-5-3-2-4-6-13/h2-8,11-12,17-18,21H,10H2,1H3,(H,31,35)/t12?,17?,18?,21-/m0/s1. The highest BCUT2D eigenvalue weighted by atomic mass is 19.1. The van der Waals surface area contributed by atoms with E-state index in [1.165, 1.54) is 16.8 Å². The number of carbonyl (C=O) groups is 2. The first-order valence-electron chi connectivity index (χ1n) is 11.3. The molecule has 4 atom stereocenters. The number of hydrogen-bond donors (Lipinski definition) is 1. The molecule has 12 heteroatoms. The SMILES string of the molecule is [B]C([B])([B])N1C(=O)[C@@H](NC(=O)c2nn(Cc3ccccc3)cc2F)C2C(C)C2c2nc(C#N)ccc21. The van der Waals surface area contributed by atoms with Crippen molar-refractivity contribution >= 4 is 41.0 Å². The number of hydrogen-bond acceptors (Lipinski definition) is 5. The summed E-state index contributed by atoms with van der Waals surface area (Å²) in [5.74, 6) is -3.06. The summed E-state index contributed by atoms with van der Waals surface area (Å²) in [5, 5.41) is 13.9. The number of rotatable bonds is 5. The van der Waals surface area contributed by atoms with Crippen molar-refractivity contribution in [1.82, 2.24) is 20.1 Å². The summed E-state index contributed by atoms with van der Waals surface area (Å²) in [6.45, 7) is 2.17. The van der Waals surface area contributed by atoms with Gasteiger partial charge in [0.2, 0.25) is 5.91 Å². The number of pyridine rings is 1. The van der Waals surface area contributed by atoms with E-state index in [1.54, 1.807) is 0 Å². The third-order valence-corrected chi connectivity index (χ3v) is 6.69. The van der Waals surface area contributed by atoms with Crippen molar-refractivity contribution in [2.24, 2.45) is 11.8 Å². The van der Waals surface area contributed by atoms with Crippen LogP contribution in [0.25, 0.3) is 0 Å². The summed E-state index contributed by atoms with van der Waals surface area (Å²) in [6, 6.07) is 13.1. The van der Waals surface area contributed by atoms with E-state index < -0.39 is 34.6 Å². The van der Waals surface area contributed by atoms with Crippen LogP contribution in [0.3, 0.4) is 0 Å². The molecule has 6 radical (unpaired) electrons. The van der Waals surface area contributed by atoms with Crippen LogP contribution in [-0.4, -0.2) is 61.4 Å². The molecule has 1 aliphatic carbocycles. The molecule has 0 spiro atoms. The van der Waals surface area contributed by atoms with Crippen molar-refractivity contribution < 1.29 is 14.0 Å². The van der Waals surface area contributed by atoms with Crippen molar-refractivity contribution in [2.45, 2.75) is 30.7 Å². The molecule has 36 heavy (non-hydrogen) atoms. The predicted molar refractivity (Wildman–Crippen MR) is 131 cm³/mol. The second-order valence-corrected chi connectivity index (χ2v) is 9.20. The summed E-state index contributed by atoms with van der Waals surface area (Å²) in [4.78, 5) is 32.1. The maximum Gasteiger partial charge on any atom is 0.275 e. The molecule has 2 aliphatic rings. The molecule has 5 rings (SSSR count). The zero-order valence-corrected chi connectivity index (χ0v) is 19.3. The Kier molecular flexibility index (Phi) is 5.74. The molecular weight excluding hydrogens is 456 g/mol. The molecule has 1 saturated carbocycles. The van der Waals surface area contributed by atoms with Crippen LogP contribution in [0.4, 0.5) is 10.1 Å². The Bertz CT molecular complexity index is 1400. The number of aromatic nitrogens is 3. The molecule has 0 bridgehead atoms. The maximum atomic E-state index is 14.7. The number of benzene rings is 1. The van der Waals surface area contributed by atoms with Crippen molar-refractivity contribution in [3.8, 4) is 6.07 Å². The number of anilines is 1. The number of nitrogens with one attached hydrogen (secondary N) is 1. The van der Waals surface area contributed by atoms with E-state index in [0.29, 0.717) is 5.69 Å². The van der Waals surface area contributed by atoms with Crippen LogP contribution in [0.5, 0.6) is 0 Å². The van der Waals surface area contributed by atoms with E-state index >= 15 is 0 Å². The van der Waals surface area contributed by atoms with Gasteiger partial charge in [-0.05, 0) is 23.6 Å². The first-order valence-corrected chi connectivity index (χ1v) is 11.3. The van der Waals surface area contributed by atoms with Gasteiger partial charge in [-0.1, -0.05) is 42.5 Å². The molecule has 1 fully saturated rings. The third kappa shape index (κ3) is 4.08. The zero-order valence-electron chi connectivity index (χ0n) is 19.3. The topological polar surface area (TPSA) is 104 Å². The van der Waals surface area contributed by atoms with Gasteiger partial charge in [-0.2, -0.15) is 10.4 Å². The van der Waals surface area contributed by atoms with E-state index in [9.17, 15) is 19.2 Å². The minimum Gasteiger partial charge on any atom is -0.338 e. The fraction of sp³-hybridized carbons (Fsp3) is 0.292. The van der Waals surface area contributed by atoms with Gasteiger partial charge in [-0.25, -0.2) is 9.37 Å². The molecule has 3 aromatic rings. The van der Waals surface area contributed by atoms with Crippen molar-refractivity contribution in [1.29, 1.82) is 5.26 Å². The number of amides is 2. The Morgan fingerprint density at radius 1 is 1.22 bits per heavy atom. The first kappa shape index (κ1) is 23.9. The van der Waals surface area contributed by atoms with E-state index in [2.05, 4.69) is 15.4 Å². The fourth-order valence-electron chi connectivity index (χ4n) is 4.99. The van der Waals surface area contributed by atoms with Crippen LogP contribution >= 0.6 is 0 Å². The summed E-state index contributed by atoms with van der Waals surface area (Å²) in [6.07, 6.45) is 1.12. The quantitative estimate of drug-likeness (QED) is 0.556. The Balaban J connectivity index is 1.46. The smallest absolute Gasteiger partial charge is 0.275 e. The molecule has 2 amide bonds. The van der Waals surface area contributed by atoms with Crippen LogP contribution in [-0.2, 0) is 11.3 Å². The lowest BCUT2D eigenvalue weighted by Crippen LogP contribution is -2.60. The first-order chi connectivity index (χ1) is 17.1. The predicted octanol–water partition coefficient (Wildman–Crippen LogP) is 0.949. The molecule has 2 aromatic heterocycles. The van der Waals surface area contributed by atoms with Crippen molar-refractivity contribution in [3.63, 3.8) is 0 Å². The highest BCUT2D eigenvalue weighted by molar-refractivity contribution is 6.62. The summed E-state index contributed by atoms with van der Waals surface area (Å²) in [5.41, 5.74) is 1.30. The Labute approximate surface area is 211 Å². The molecule has 172 valence electrons. The number of nitrogens with zero attached hydrogens (tertiary/aromatic N) is 5. The normalized spacial score (nSPS) is 22.7. The summed E-state index contributed by atoms with van der Waals surface area (Å²) >= 11 is 0. The average Bonchev–Trinajstić information content (AvgIpc) is 3.38. The molecule has 3 unspecified atom stereocenters. The Morgan fingerprint density at radius 2 is 1.94 bits per heavy atom. The summed E-state index contributed by atoms with van der Waals surface area (Å²) < 4.78 is 16.0. The van der Waals surface area contributed by atoms with Crippen molar-refractivity contribution in [3.05, 3.63) is 77.1 Å². The van der Waals surface area contributed by atoms with Gasteiger partial charge in [0.25, 0.3) is 5.91 Å². The number of halogens is 1.